The molecule has 0 amide bonds. The van der Waals surface area contributed by atoms with E-state index in [2.05, 4.69) is 111 Å². The van der Waals surface area contributed by atoms with Gasteiger partial charge in [-0.2, -0.15) is 0 Å². The second kappa shape index (κ2) is 9.82. The Labute approximate surface area is 248 Å². The van der Waals surface area contributed by atoms with Crippen molar-refractivity contribution in [3.05, 3.63) is 71.8 Å². The average Bonchev–Trinajstić information content (AvgIpc) is 3.54. The number of imidazole rings is 1. The molecule has 1 aliphatic heterocycles. The number of nitrogens with zero attached hydrogens (tertiary/aromatic N) is 6. The second-order valence-electron chi connectivity index (χ2n) is 13.5. The van der Waals surface area contributed by atoms with Crippen molar-refractivity contribution in [3.63, 3.8) is 0 Å². The smallest absolute Gasteiger partial charge is 0.246 e. The van der Waals surface area contributed by atoms with E-state index in [1.165, 1.54) is 17.1 Å². The topological polar surface area (TPSA) is 60.9 Å². The fourth-order valence-electron chi connectivity index (χ4n) is 6.12. The van der Waals surface area contributed by atoms with Crippen molar-refractivity contribution in [2.75, 3.05) is 11.6 Å². The third kappa shape index (κ3) is 4.96. The van der Waals surface area contributed by atoms with E-state index in [9.17, 15) is 0 Å². The number of anilines is 1. The number of aromatic nitrogens is 5. The van der Waals surface area contributed by atoms with Gasteiger partial charge in [-0.05, 0) is 38.7 Å². The first kappa shape index (κ1) is 29.4. The van der Waals surface area contributed by atoms with Crippen molar-refractivity contribution in [2.45, 2.75) is 84.2 Å². The predicted molar refractivity (Wildman–Crippen MR) is 158 cm³/mol. The summed E-state index contributed by atoms with van der Waals surface area (Å²) in [6.45, 7) is 20.7. The molecule has 0 unspecified atom stereocenters. The molecular formula is C31H40IrN6Si-2. The van der Waals surface area contributed by atoms with Gasteiger partial charge < -0.3 is 19.0 Å². The van der Waals surface area contributed by atoms with Gasteiger partial charge in [-0.25, -0.2) is 0 Å². The van der Waals surface area contributed by atoms with Crippen LogP contribution in [0, 0.1) is 6.07 Å². The van der Waals surface area contributed by atoms with Crippen molar-refractivity contribution in [2.24, 2.45) is 0 Å². The zero-order valence-corrected chi connectivity index (χ0v) is 28.2. The minimum atomic E-state index is -1.85. The quantitative estimate of drug-likeness (QED) is 0.162. The molecule has 0 saturated heterocycles. The Hall–Kier alpha value is -2.54. The fraction of sp³-hybridized carbons (Fsp3) is 0.452. The summed E-state index contributed by atoms with van der Waals surface area (Å²) in [5.41, 5.74) is 8.27. The van der Waals surface area contributed by atoms with E-state index in [0.29, 0.717) is 0 Å². The van der Waals surface area contributed by atoms with Crippen LogP contribution in [0.1, 0.15) is 72.0 Å². The summed E-state index contributed by atoms with van der Waals surface area (Å²) in [6, 6.07) is 17.5. The van der Waals surface area contributed by atoms with Gasteiger partial charge in [0, 0.05) is 59.6 Å². The maximum absolute atomic E-state index is 5.19. The Morgan fingerprint density at radius 2 is 1.74 bits per heavy atom. The van der Waals surface area contributed by atoms with Crippen LogP contribution < -0.4 is 9.66 Å². The zero-order valence-electron chi connectivity index (χ0n) is 24.8. The Balaban J connectivity index is 0.000000192. The van der Waals surface area contributed by atoms with Crippen LogP contribution in [-0.2, 0) is 36.4 Å². The molecule has 1 aliphatic carbocycles. The molecule has 8 heteroatoms. The van der Waals surface area contributed by atoms with Crippen molar-refractivity contribution < 1.29 is 20.1 Å². The summed E-state index contributed by atoms with van der Waals surface area (Å²) in [5, 5.41) is 8.31. The fourth-order valence-corrected chi connectivity index (χ4v) is 8.83. The van der Waals surface area contributed by atoms with Gasteiger partial charge >= 0.3 is 0 Å². The van der Waals surface area contributed by atoms with Crippen LogP contribution in [0.4, 0.5) is 5.69 Å². The minimum Gasteiger partial charge on any atom is -0.573 e. The van der Waals surface area contributed by atoms with Gasteiger partial charge in [-0.1, -0.05) is 77.5 Å². The summed E-state index contributed by atoms with van der Waals surface area (Å²) in [7, 11) is 0.383. The molecule has 2 aliphatic rings. The van der Waals surface area contributed by atoms with Crippen LogP contribution in [0.2, 0.25) is 13.1 Å². The Kier molecular flexibility index (Phi) is 7.42. The van der Waals surface area contributed by atoms with Crippen molar-refractivity contribution in [3.8, 4) is 22.8 Å². The van der Waals surface area contributed by atoms with Crippen LogP contribution in [0.15, 0.2) is 48.7 Å². The monoisotopic (exact) mass is 717 g/mol. The molecule has 0 N–H and O–H groups in total. The molecule has 0 atom stereocenters. The normalized spacial score (nSPS) is 17.7. The number of pyridine rings is 1. The van der Waals surface area contributed by atoms with Crippen LogP contribution in [0.5, 0.6) is 0 Å². The molecule has 4 aromatic rings. The summed E-state index contributed by atoms with van der Waals surface area (Å²) >= 11 is 0. The van der Waals surface area contributed by atoms with Crippen LogP contribution >= 0.6 is 0 Å². The van der Waals surface area contributed by atoms with Crippen molar-refractivity contribution >= 4 is 14.1 Å². The van der Waals surface area contributed by atoms with Gasteiger partial charge in [0.2, 0.25) is 8.40 Å². The van der Waals surface area contributed by atoms with E-state index in [-0.39, 0.29) is 36.4 Å². The molecule has 6 nitrogen and oxygen atoms in total. The molecule has 3 aromatic heterocycles. The predicted octanol–water partition coefficient (Wildman–Crippen LogP) is 6.70. The molecule has 0 bridgehead atoms. The SMILES string of the molecule is CC(C)(C)c1cc(-c2ccccn2)[n-]n1.CN1c2ccc[c-]c2-c2nc3c(n2[Si]1(C)C)C(C)(C)CC3(C)C.[Ir]. The molecule has 1 radical (unpaired) electrons. The van der Waals surface area contributed by atoms with E-state index in [1.807, 2.05) is 30.3 Å². The molecular weight excluding hydrogens is 677 g/mol. The standard InChI is InChI=1S/C19H26N3Si.C12H14N3.Ir/c1-18(2)12-19(3,4)16-15(18)20-17-13-10-8-9-11-14(13)21(5)23(6,7)22(16)17;1-12(2,3)11-8-10(14-15-11)9-6-4-5-7-13-9;/h8-9,11H,12H2,1-7H3;4-8H,1-3H3;/q2*-1;. The molecule has 39 heavy (non-hydrogen) atoms. The first-order valence-corrected chi connectivity index (χ1v) is 16.4. The summed E-state index contributed by atoms with van der Waals surface area (Å²) in [4.78, 5) is 9.43. The first-order chi connectivity index (χ1) is 17.6. The van der Waals surface area contributed by atoms with Gasteiger partial charge in [0.1, 0.15) is 0 Å². The minimum absolute atomic E-state index is 0. The zero-order chi connectivity index (χ0) is 27.7. The van der Waals surface area contributed by atoms with E-state index >= 15 is 0 Å². The van der Waals surface area contributed by atoms with Crippen LogP contribution in [-0.4, -0.2) is 34.7 Å². The Morgan fingerprint density at radius 3 is 2.36 bits per heavy atom. The van der Waals surface area contributed by atoms with Gasteiger partial charge in [0.05, 0.1) is 11.5 Å². The van der Waals surface area contributed by atoms with Gasteiger partial charge in [0.15, 0.2) is 0 Å². The van der Waals surface area contributed by atoms with E-state index < -0.39 is 8.40 Å². The van der Waals surface area contributed by atoms with Crippen LogP contribution in [0.3, 0.4) is 0 Å². The second-order valence-corrected chi connectivity index (χ2v) is 17.6. The van der Waals surface area contributed by atoms with Crippen molar-refractivity contribution in [1.82, 2.24) is 24.4 Å². The van der Waals surface area contributed by atoms with Gasteiger partial charge in [0.25, 0.3) is 0 Å². The summed E-state index contributed by atoms with van der Waals surface area (Å²) in [6.07, 6.45) is 2.93. The number of rotatable bonds is 1. The van der Waals surface area contributed by atoms with E-state index in [0.717, 1.165) is 34.9 Å². The van der Waals surface area contributed by atoms with Gasteiger partial charge in [-0.15, -0.1) is 24.3 Å². The molecule has 0 saturated carbocycles. The van der Waals surface area contributed by atoms with Gasteiger partial charge in [-0.3, -0.25) is 9.97 Å². The third-order valence-electron chi connectivity index (χ3n) is 8.07. The maximum Gasteiger partial charge on any atom is 0.246 e. The number of hydrogen-bond acceptors (Lipinski definition) is 4. The largest absolute Gasteiger partial charge is 0.573 e. The Morgan fingerprint density at radius 1 is 1.03 bits per heavy atom. The van der Waals surface area contributed by atoms with Crippen molar-refractivity contribution in [1.29, 1.82) is 0 Å². The molecule has 4 heterocycles. The van der Waals surface area contributed by atoms with Crippen LogP contribution in [0.25, 0.3) is 22.8 Å². The summed E-state index contributed by atoms with van der Waals surface area (Å²) < 4.78 is 5.10. The van der Waals surface area contributed by atoms with E-state index in [4.69, 9.17) is 4.98 Å². The molecule has 0 spiro atoms. The number of benzene rings is 1. The molecule has 1 aromatic carbocycles. The number of fused-ring (bicyclic) bond motifs is 5. The average molecular weight is 717 g/mol. The maximum atomic E-state index is 5.19. The Bertz CT molecular complexity index is 1480. The number of hydrogen-bond donors (Lipinski definition) is 0. The third-order valence-corrected chi connectivity index (χ3v) is 11.5. The van der Waals surface area contributed by atoms with E-state index in [1.54, 1.807) is 6.20 Å². The molecule has 0 fully saturated rings. The first-order valence-electron chi connectivity index (χ1n) is 13.5. The summed E-state index contributed by atoms with van der Waals surface area (Å²) in [5.74, 6) is 1.14. The molecule has 209 valence electrons. The molecule has 6 rings (SSSR count).